The lowest BCUT2D eigenvalue weighted by atomic mass is 9.72. The van der Waals surface area contributed by atoms with Crippen molar-refractivity contribution in [2.75, 3.05) is 26.2 Å². The highest BCUT2D eigenvalue weighted by Crippen LogP contribution is 2.41. The quantitative estimate of drug-likeness (QED) is 0.585. The first-order chi connectivity index (χ1) is 14.7. The van der Waals surface area contributed by atoms with E-state index in [4.69, 9.17) is 21.1 Å². The molecule has 0 atom stereocenters. The highest BCUT2D eigenvalue weighted by molar-refractivity contribution is 6.30. The minimum atomic E-state index is -0.439. The van der Waals surface area contributed by atoms with Crippen LogP contribution in [0.25, 0.3) is 0 Å². The first-order valence-electron chi connectivity index (χ1n) is 10.9. The average molecular weight is 443 g/mol. The zero-order chi connectivity index (χ0) is 22.1. The molecular weight excluding hydrogens is 412 g/mol. The highest BCUT2D eigenvalue weighted by Gasteiger charge is 2.45. The van der Waals surface area contributed by atoms with E-state index >= 15 is 0 Å². The van der Waals surface area contributed by atoms with E-state index < -0.39 is 5.60 Å². The molecule has 2 fully saturated rings. The van der Waals surface area contributed by atoms with Crippen LogP contribution < -0.4 is 4.74 Å². The lowest BCUT2D eigenvalue weighted by Gasteiger charge is -2.54. The lowest BCUT2D eigenvalue weighted by molar-refractivity contribution is -0.0550. The van der Waals surface area contributed by atoms with Crippen LogP contribution in [0.1, 0.15) is 39.2 Å². The van der Waals surface area contributed by atoms with E-state index in [9.17, 15) is 4.79 Å². The molecule has 0 unspecified atom stereocenters. The van der Waals surface area contributed by atoms with Crippen LogP contribution in [0.2, 0.25) is 5.02 Å². The zero-order valence-corrected chi connectivity index (χ0v) is 19.3. The topological polar surface area (TPSA) is 42.0 Å². The Labute approximate surface area is 189 Å². The van der Waals surface area contributed by atoms with Crippen molar-refractivity contribution in [3.8, 4) is 11.5 Å². The Hall–Kier alpha value is -2.24. The number of amides is 1. The van der Waals surface area contributed by atoms with Gasteiger partial charge < -0.3 is 14.4 Å². The molecule has 4 rings (SSSR count). The molecule has 0 bridgehead atoms. The molecule has 5 nitrogen and oxygen atoms in total. The molecule has 0 N–H and O–H groups in total. The second-order valence-corrected chi connectivity index (χ2v) is 10.3. The number of carbonyl (C=O) groups excluding carboxylic acids is 1. The summed E-state index contributed by atoms with van der Waals surface area (Å²) in [5.74, 6) is 1.61. The fraction of sp³-hybridized carbons (Fsp3) is 0.480. The predicted octanol–water partition coefficient (Wildman–Crippen LogP) is 5.97. The summed E-state index contributed by atoms with van der Waals surface area (Å²) in [6, 6.07) is 15.7. The summed E-state index contributed by atoms with van der Waals surface area (Å²) in [7, 11) is 0. The summed E-state index contributed by atoms with van der Waals surface area (Å²) in [6.45, 7) is 10.4. The fourth-order valence-corrected chi connectivity index (χ4v) is 4.55. The Morgan fingerprint density at radius 2 is 1.71 bits per heavy atom. The summed E-state index contributed by atoms with van der Waals surface area (Å²) >= 11 is 5.94. The van der Waals surface area contributed by atoms with Gasteiger partial charge in [-0.1, -0.05) is 23.7 Å². The van der Waals surface area contributed by atoms with E-state index in [1.54, 1.807) is 0 Å². The summed E-state index contributed by atoms with van der Waals surface area (Å²) in [5, 5.41) is 0.699. The molecule has 0 aliphatic carbocycles. The maximum Gasteiger partial charge on any atom is 0.410 e. The summed E-state index contributed by atoms with van der Waals surface area (Å²) < 4.78 is 11.5. The molecule has 2 aliphatic heterocycles. The maximum absolute atomic E-state index is 12.3. The third-order valence-corrected chi connectivity index (χ3v) is 6.20. The fourth-order valence-electron chi connectivity index (χ4n) is 4.42. The SMILES string of the molecule is CC(C)(C)OC(=O)N1CCC2(CC1)CN(Cc1cccc(Oc3ccc(Cl)cc3)c1)C2. The molecule has 0 aromatic heterocycles. The van der Waals surface area contributed by atoms with E-state index in [1.807, 2.05) is 62.1 Å². The van der Waals surface area contributed by atoms with Crippen molar-refractivity contribution >= 4 is 17.7 Å². The van der Waals surface area contributed by atoms with Gasteiger partial charge in [0.05, 0.1) is 0 Å². The molecule has 166 valence electrons. The first-order valence-corrected chi connectivity index (χ1v) is 11.3. The van der Waals surface area contributed by atoms with E-state index in [2.05, 4.69) is 17.0 Å². The maximum atomic E-state index is 12.3. The summed E-state index contributed by atoms with van der Waals surface area (Å²) in [5.41, 5.74) is 1.15. The molecule has 6 heteroatoms. The third kappa shape index (κ3) is 5.72. The number of rotatable bonds is 4. The third-order valence-electron chi connectivity index (χ3n) is 5.95. The van der Waals surface area contributed by atoms with Crippen molar-refractivity contribution in [2.45, 2.75) is 45.8 Å². The van der Waals surface area contributed by atoms with Crippen LogP contribution in [-0.2, 0) is 11.3 Å². The lowest BCUT2D eigenvalue weighted by Crippen LogP contribution is -2.60. The number of carbonyl (C=O) groups is 1. The van der Waals surface area contributed by atoms with Crippen molar-refractivity contribution < 1.29 is 14.3 Å². The smallest absolute Gasteiger partial charge is 0.410 e. The second-order valence-electron chi connectivity index (χ2n) is 9.82. The van der Waals surface area contributed by atoms with Crippen molar-refractivity contribution in [2.24, 2.45) is 5.41 Å². The van der Waals surface area contributed by atoms with Crippen LogP contribution in [0.3, 0.4) is 0 Å². The highest BCUT2D eigenvalue weighted by atomic mass is 35.5. The van der Waals surface area contributed by atoms with Crippen molar-refractivity contribution in [3.63, 3.8) is 0 Å². The minimum Gasteiger partial charge on any atom is -0.457 e. The molecule has 0 saturated carbocycles. The molecule has 2 heterocycles. The number of halogens is 1. The summed E-state index contributed by atoms with van der Waals surface area (Å²) in [6.07, 6.45) is 1.90. The number of likely N-dealkylation sites (tertiary alicyclic amines) is 2. The van der Waals surface area contributed by atoms with E-state index in [-0.39, 0.29) is 6.09 Å². The molecule has 0 radical (unpaired) electrons. The zero-order valence-electron chi connectivity index (χ0n) is 18.6. The second kappa shape index (κ2) is 8.71. The van der Waals surface area contributed by atoms with Gasteiger partial charge in [-0.3, -0.25) is 4.90 Å². The Morgan fingerprint density at radius 1 is 1.03 bits per heavy atom. The number of hydrogen-bond acceptors (Lipinski definition) is 4. The number of ether oxygens (including phenoxy) is 2. The Balaban J connectivity index is 1.26. The van der Waals surface area contributed by atoms with Gasteiger partial charge in [0, 0.05) is 37.7 Å². The molecule has 2 aromatic rings. The van der Waals surface area contributed by atoms with Gasteiger partial charge in [-0.05, 0) is 81.0 Å². The average Bonchev–Trinajstić information content (AvgIpc) is 2.68. The van der Waals surface area contributed by atoms with Gasteiger partial charge in [0.2, 0.25) is 0 Å². The van der Waals surface area contributed by atoms with Gasteiger partial charge in [0.25, 0.3) is 0 Å². The number of nitrogens with zero attached hydrogens (tertiary/aromatic N) is 2. The van der Waals surface area contributed by atoms with Crippen LogP contribution >= 0.6 is 11.6 Å². The van der Waals surface area contributed by atoms with Crippen molar-refractivity contribution in [1.29, 1.82) is 0 Å². The first kappa shape index (κ1) is 22.0. The standard InChI is InChI=1S/C25H31ClN2O3/c1-24(2,3)31-23(29)28-13-11-25(12-14-28)17-27(18-25)16-19-5-4-6-22(15-19)30-21-9-7-20(26)8-10-21/h4-10,15H,11-14,16-18H2,1-3H3. The largest absolute Gasteiger partial charge is 0.457 e. The molecule has 1 amide bonds. The van der Waals surface area contributed by atoms with Crippen molar-refractivity contribution in [1.82, 2.24) is 9.80 Å². The van der Waals surface area contributed by atoms with Crippen molar-refractivity contribution in [3.05, 3.63) is 59.1 Å². The number of hydrogen-bond donors (Lipinski definition) is 0. The number of piperidine rings is 1. The Kier molecular flexibility index (Phi) is 6.18. The molecular formula is C25H31ClN2O3. The van der Waals surface area contributed by atoms with Crippen LogP contribution in [0, 0.1) is 5.41 Å². The predicted molar refractivity (Wildman–Crippen MR) is 123 cm³/mol. The van der Waals surface area contributed by atoms with Gasteiger partial charge in [-0.15, -0.1) is 0 Å². The van der Waals surface area contributed by atoms with Crippen LogP contribution in [0.4, 0.5) is 4.79 Å². The van der Waals surface area contributed by atoms with E-state index in [1.165, 1.54) is 5.56 Å². The van der Waals surface area contributed by atoms with E-state index in [0.29, 0.717) is 10.4 Å². The Morgan fingerprint density at radius 3 is 2.35 bits per heavy atom. The Bertz CT molecular complexity index is 907. The summed E-state index contributed by atoms with van der Waals surface area (Å²) in [4.78, 5) is 16.6. The number of benzene rings is 2. The van der Waals surface area contributed by atoms with Crippen LogP contribution in [0.5, 0.6) is 11.5 Å². The van der Waals surface area contributed by atoms with Gasteiger partial charge >= 0.3 is 6.09 Å². The van der Waals surface area contributed by atoms with Crippen LogP contribution in [0.15, 0.2) is 48.5 Å². The molecule has 2 aromatic carbocycles. The van der Waals surface area contributed by atoms with Crippen LogP contribution in [-0.4, -0.2) is 47.7 Å². The molecule has 2 saturated heterocycles. The molecule has 1 spiro atoms. The molecule has 2 aliphatic rings. The van der Waals surface area contributed by atoms with Gasteiger partial charge in [0.1, 0.15) is 17.1 Å². The monoisotopic (exact) mass is 442 g/mol. The van der Waals surface area contributed by atoms with Gasteiger partial charge in [-0.2, -0.15) is 0 Å². The van der Waals surface area contributed by atoms with Gasteiger partial charge in [-0.25, -0.2) is 4.79 Å². The van der Waals surface area contributed by atoms with E-state index in [0.717, 1.165) is 57.1 Å². The normalized spacial score (nSPS) is 18.5. The minimum absolute atomic E-state index is 0.184. The van der Waals surface area contributed by atoms with Gasteiger partial charge in [0.15, 0.2) is 0 Å². The molecule has 31 heavy (non-hydrogen) atoms.